The van der Waals surface area contributed by atoms with Crippen LogP contribution < -0.4 is 9.46 Å². The van der Waals surface area contributed by atoms with E-state index < -0.39 is 27.1 Å². The van der Waals surface area contributed by atoms with Gasteiger partial charge >= 0.3 is 5.97 Å². The number of aromatic carboxylic acids is 1. The summed E-state index contributed by atoms with van der Waals surface area (Å²) in [5, 5.41) is 15.3. The highest BCUT2D eigenvalue weighted by Crippen LogP contribution is 2.48. The molecule has 2 N–H and O–H groups in total. The van der Waals surface area contributed by atoms with Gasteiger partial charge in [0.25, 0.3) is 5.91 Å². The first kappa shape index (κ1) is 32.6. The van der Waals surface area contributed by atoms with Gasteiger partial charge in [-0.05, 0) is 106 Å². The van der Waals surface area contributed by atoms with Crippen LogP contribution in [0.5, 0.6) is 5.75 Å². The molecule has 11 heteroatoms. The molecule has 47 heavy (non-hydrogen) atoms. The van der Waals surface area contributed by atoms with Crippen LogP contribution in [0.4, 0.5) is 0 Å². The Hall–Kier alpha value is -4.38. The minimum atomic E-state index is -3.84. The maximum Gasteiger partial charge on any atom is 0.339 e. The molecule has 1 saturated carbocycles. The number of aryl methyl sites for hydroxylation is 1. The Labute approximate surface area is 275 Å². The van der Waals surface area contributed by atoms with E-state index in [4.69, 9.17) is 4.74 Å². The van der Waals surface area contributed by atoms with Crippen molar-refractivity contribution in [3.8, 4) is 17.0 Å². The summed E-state index contributed by atoms with van der Waals surface area (Å²) < 4.78 is 37.1. The molecule has 4 aromatic rings. The number of fused-ring (bicyclic) bond motifs is 5. The third kappa shape index (κ3) is 5.75. The van der Waals surface area contributed by atoms with Crippen molar-refractivity contribution < 1.29 is 27.9 Å². The van der Waals surface area contributed by atoms with Crippen LogP contribution in [0.15, 0.2) is 36.4 Å². The molecule has 0 saturated heterocycles. The number of aromatic nitrogens is 3. The van der Waals surface area contributed by atoms with E-state index in [2.05, 4.69) is 20.5 Å². The molecule has 1 amide bonds. The molecule has 0 spiro atoms. The Morgan fingerprint density at radius 3 is 2.38 bits per heavy atom. The van der Waals surface area contributed by atoms with E-state index in [9.17, 15) is 23.1 Å². The summed E-state index contributed by atoms with van der Waals surface area (Å²) in [6.07, 6.45) is 7.55. The van der Waals surface area contributed by atoms with Crippen LogP contribution in [-0.2, 0) is 16.6 Å². The number of hydrogen-bond donors (Lipinski definition) is 2. The lowest BCUT2D eigenvalue weighted by atomic mass is 9.81. The van der Waals surface area contributed by atoms with E-state index in [1.807, 2.05) is 38.1 Å². The number of carboxylic acids is 1. The topological polar surface area (TPSA) is 133 Å². The van der Waals surface area contributed by atoms with Crippen molar-refractivity contribution in [1.29, 1.82) is 0 Å². The average molecular weight is 659 g/mol. The minimum Gasteiger partial charge on any atom is -0.497 e. The Kier molecular flexibility index (Phi) is 8.54. The van der Waals surface area contributed by atoms with Crippen LogP contribution in [0.3, 0.4) is 0 Å². The standard InChI is InChI=1S/C36H42N4O6S/c1-20(2)40-33(31(36(42)43)22(5)37-40)26-16-25-17-27(46-6)13-15-28(25)34-32(23-10-8-7-9-11-23)29-14-12-24(18-30(29)39(34)19-26)35(41)38-47(44,45)21(3)4/h12-18,20-21,23H,7-11,19H2,1-6H3,(H,38,41)(H,42,43). The Bertz CT molecular complexity index is 2040. The zero-order valence-corrected chi connectivity index (χ0v) is 28.6. The maximum absolute atomic E-state index is 13.3. The molecule has 10 nitrogen and oxygen atoms in total. The fourth-order valence-electron chi connectivity index (χ4n) is 7.12. The number of amides is 1. The van der Waals surface area contributed by atoms with Gasteiger partial charge in [0.2, 0.25) is 10.0 Å². The second kappa shape index (κ2) is 12.3. The normalized spacial score (nSPS) is 15.4. The first-order chi connectivity index (χ1) is 22.3. The molecule has 248 valence electrons. The second-order valence-electron chi connectivity index (χ2n) is 13.2. The summed E-state index contributed by atoms with van der Waals surface area (Å²) >= 11 is 0. The molecule has 1 aliphatic heterocycles. The summed E-state index contributed by atoms with van der Waals surface area (Å²) in [4.78, 5) is 26.1. The van der Waals surface area contributed by atoms with Gasteiger partial charge < -0.3 is 14.4 Å². The third-order valence-corrected chi connectivity index (χ3v) is 11.2. The number of allylic oxidation sites excluding steroid dienone is 1. The number of sulfonamides is 1. The second-order valence-corrected chi connectivity index (χ2v) is 15.5. The van der Waals surface area contributed by atoms with Gasteiger partial charge in [-0.25, -0.2) is 17.9 Å². The van der Waals surface area contributed by atoms with E-state index in [1.165, 1.54) is 25.8 Å². The summed E-state index contributed by atoms with van der Waals surface area (Å²) in [7, 11) is -2.22. The summed E-state index contributed by atoms with van der Waals surface area (Å²) in [5.41, 5.74) is 6.99. The molecule has 1 aliphatic carbocycles. The molecule has 2 aromatic carbocycles. The first-order valence-electron chi connectivity index (χ1n) is 16.3. The van der Waals surface area contributed by atoms with Gasteiger partial charge in [-0.3, -0.25) is 9.48 Å². The quantitative estimate of drug-likeness (QED) is 0.205. The number of hydrogen-bond acceptors (Lipinski definition) is 6. The van der Waals surface area contributed by atoms with Crippen molar-refractivity contribution in [2.45, 2.75) is 90.5 Å². The molecule has 0 atom stereocenters. The van der Waals surface area contributed by atoms with E-state index in [0.29, 0.717) is 23.7 Å². The van der Waals surface area contributed by atoms with Gasteiger partial charge in [0.1, 0.15) is 11.3 Å². The zero-order valence-electron chi connectivity index (χ0n) is 27.8. The number of carboxylic acid groups (broad SMARTS) is 1. The Morgan fingerprint density at radius 2 is 1.74 bits per heavy atom. The van der Waals surface area contributed by atoms with Crippen molar-refractivity contribution in [3.05, 3.63) is 70.0 Å². The highest BCUT2D eigenvalue weighted by atomic mass is 32.2. The van der Waals surface area contributed by atoms with Gasteiger partial charge in [-0.2, -0.15) is 5.10 Å². The molecular formula is C36H42N4O6S. The lowest BCUT2D eigenvalue weighted by Gasteiger charge is -2.24. The van der Waals surface area contributed by atoms with Crippen LogP contribution in [0.1, 0.15) is 115 Å². The Balaban J connectivity index is 1.67. The first-order valence-corrected chi connectivity index (χ1v) is 17.8. The number of methoxy groups -OCH3 is 1. The van der Waals surface area contributed by atoms with Gasteiger partial charge in [0, 0.05) is 28.1 Å². The number of nitrogens with one attached hydrogen (secondary N) is 1. The largest absolute Gasteiger partial charge is 0.497 e. The van der Waals surface area contributed by atoms with Crippen LogP contribution in [-0.4, -0.2) is 52.1 Å². The van der Waals surface area contributed by atoms with Crippen LogP contribution >= 0.6 is 0 Å². The van der Waals surface area contributed by atoms with Crippen molar-refractivity contribution >= 4 is 44.5 Å². The zero-order chi connectivity index (χ0) is 33.8. The van der Waals surface area contributed by atoms with E-state index in [1.54, 1.807) is 30.8 Å². The van der Waals surface area contributed by atoms with E-state index >= 15 is 0 Å². The molecule has 0 unspecified atom stereocenters. The maximum atomic E-state index is 13.3. The molecule has 0 radical (unpaired) electrons. The molecule has 3 heterocycles. The number of carbonyl (C=O) groups excluding carboxylic acids is 1. The molecular weight excluding hydrogens is 616 g/mol. The monoisotopic (exact) mass is 658 g/mol. The predicted molar refractivity (Wildman–Crippen MR) is 183 cm³/mol. The molecule has 6 rings (SSSR count). The van der Waals surface area contributed by atoms with E-state index in [-0.39, 0.29) is 23.1 Å². The molecule has 2 aromatic heterocycles. The number of rotatable bonds is 8. The van der Waals surface area contributed by atoms with E-state index in [0.717, 1.165) is 59.0 Å². The highest BCUT2D eigenvalue weighted by molar-refractivity contribution is 7.90. The van der Waals surface area contributed by atoms with Crippen LogP contribution in [0.2, 0.25) is 0 Å². The van der Waals surface area contributed by atoms with Crippen LogP contribution in [0.25, 0.3) is 33.8 Å². The number of nitrogens with zero attached hydrogens (tertiary/aromatic N) is 3. The molecule has 2 aliphatic rings. The minimum absolute atomic E-state index is 0.109. The third-order valence-electron chi connectivity index (χ3n) is 9.50. The summed E-state index contributed by atoms with van der Waals surface area (Å²) in [6, 6.07) is 11.3. The summed E-state index contributed by atoms with van der Waals surface area (Å²) in [5.74, 6) is -0.767. The highest BCUT2D eigenvalue weighted by Gasteiger charge is 2.33. The van der Waals surface area contributed by atoms with Crippen molar-refractivity contribution in [1.82, 2.24) is 19.1 Å². The molecule has 1 fully saturated rings. The van der Waals surface area contributed by atoms with Gasteiger partial charge in [0.05, 0.1) is 36.0 Å². The average Bonchev–Trinajstić information content (AvgIpc) is 3.49. The van der Waals surface area contributed by atoms with Gasteiger partial charge in [0.15, 0.2) is 0 Å². The van der Waals surface area contributed by atoms with Crippen molar-refractivity contribution in [3.63, 3.8) is 0 Å². The van der Waals surface area contributed by atoms with Crippen molar-refractivity contribution in [2.24, 2.45) is 0 Å². The van der Waals surface area contributed by atoms with Crippen molar-refractivity contribution in [2.75, 3.05) is 7.11 Å². The SMILES string of the molecule is COc1ccc2c(c1)C=C(c1c(C(=O)O)c(C)nn1C(C)C)Cn1c-2c(C2CCCCC2)c2ccc(C(=O)NS(=O)(=O)C(C)C)cc21. The summed E-state index contributed by atoms with van der Waals surface area (Å²) in [6.45, 7) is 9.03. The fourth-order valence-corrected chi connectivity index (χ4v) is 7.73. The predicted octanol–water partition coefficient (Wildman–Crippen LogP) is 7.17. The lowest BCUT2D eigenvalue weighted by molar-refractivity contribution is 0.0695. The van der Waals surface area contributed by atoms with Gasteiger partial charge in [-0.15, -0.1) is 0 Å². The smallest absolute Gasteiger partial charge is 0.339 e. The fraction of sp³-hybridized carbons (Fsp3) is 0.417. The number of ether oxygens (including phenoxy) is 1. The number of carbonyl (C=O) groups is 2. The lowest BCUT2D eigenvalue weighted by Crippen LogP contribution is -2.35. The number of benzene rings is 2. The molecule has 0 bridgehead atoms. The van der Waals surface area contributed by atoms with Gasteiger partial charge in [-0.1, -0.05) is 25.3 Å². The Morgan fingerprint density at radius 1 is 1.02 bits per heavy atom. The van der Waals surface area contributed by atoms with Crippen LogP contribution in [0, 0.1) is 6.92 Å².